The maximum Gasteiger partial charge on any atom is 0.231 e. The van der Waals surface area contributed by atoms with Crippen LogP contribution in [0, 0.1) is 11.3 Å². The predicted molar refractivity (Wildman–Crippen MR) is 113 cm³/mol. The number of carbonyl (C=O) groups excluding carboxylic acids is 1. The third kappa shape index (κ3) is 4.91. The van der Waals surface area contributed by atoms with Crippen molar-refractivity contribution in [3.05, 3.63) is 24.3 Å². The molecule has 1 aromatic carbocycles. The molecular weight excluding hydrogens is 386 g/mol. The molecule has 2 aromatic rings. The minimum atomic E-state index is -0.712. The van der Waals surface area contributed by atoms with E-state index in [1.165, 1.54) is 11.8 Å². The van der Waals surface area contributed by atoms with Gasteiger partial charge in [0.25, 0.3) is 0 Å². The summed E-state index contributed by atoms with van der Waals surface area (Å²) >= 11 is 1.35. The lowest BCUT2D eigenvalue weighted by Gasteiger charge is -2.31. The fraction of sp³-hybridized carbons (Fsp3) is 0.524. The van der Waals surface area contributed by atoms with Crippen LogP contribution in [0.1, 0.15) is 52.0 Å². The van der Waals surface area contributed by atoms with Gasteiger partial charge in [0.05, 0.1) is 18.9 Å². The Labute approximate surface area is 175 Å². The molecule has 0 radical (unpaired) electrons. The summed E-state index contributed by atoms with van der Waals surface area (Å²) in [5.41, 5.74) is 0.226. The molecule has 1 aliphatic carbocycles. The first-order valence-corrected chi connectivity index (χ1v) is 10.9. The number of rotatable bonds is 7. The van der Waals surface area contributed by atoms with Gasteiger partial charge in [-0.2, -0.15) is 5.26 Å². The van der Waals surface area contributed by atoms with E-state index >= 15 is 0 Å². The highest BCUT2D eigenvalue weighted by atomic mass is 32.2. The van der Waals surface area contributed by atoms with Crippen molar-refractivity contribution >= 4 is 17.7 Å². The number of aromatic nitrogens is 3. The maximum atomic E-state index is 12.5. The van der Waals surface area contributed by atoms with Crippen molar-refractivity contribution in [3.63, 3.8) is 0 Å². The van der Waals surface area contributed by atoms with E-state index in [4.69, 9.17) is 4.74 Å². The number of nitriles is 1. The van der Waals surface area contributed by atoms with Crippen molar-refractivity contribution < 1.29 is 9.53 Å². The highest BCUT2D eigenvalue weighted by Gasteiger charge is 2.33. The summed E-state index contributed by atoms with van der Waals surface area (Å²) in [5.74, 6) is 1.61. The van der Waals surface area contributed by atoms with Crippen LogP contribution in [-0.4, -0.2) is 39.1 Å². The predicted octanol–water partition coefficient (Wildman–Crippen LogP) is 3.97. The van der Waals surface area contributed by atoms with E-state index < -0.39 is 5.54 Å². The van der Waals surface area contributed by atoms with Gasteiger partial charge < -0.3 is 10.1 Å². The minimum absolute atomic E-state index is 0.136. The average Bonchev–Trinajstić information content (AvgIpc) is 3.17. The minimum Gasteiger partial charge on any atom is -0.497 e. The Bertz CT molecular complexity index is 879. The van der Waals surface area contributed by atoms with Crippen molar-refractivity contribution in [1.82, 2.24) is 20.1 Å². The van der Waals surface area contributed by atoms with Crippen LogP contribution >= 0.6 is 11.8 Å². The Balaban J connectivity index is 1.71. The lowest BCUT2D eigenvalue weighted by molar-refractivity contribution is -0.120. The Morgan fingerprint density at radius 2 is 1.97 bits per heavy atom. The van der Waals surface area contributed by atoms with Gasteiger partial charge in [-0.05, 0) is 51.0 Å². The largest absolute Gasteiger partial charge is 0.497 e. The van der Waals surface area contributed by atoms with Crippen LogP contribution in [0.15, 0.2) is 29.4 Å². The zero-order chi connectivity index (χ0) is 20.9. The highest BCUT2D eigenvalue weighted by Crippen LogP contribution is 2.30. The molecule has 1 saturated carbocycles. The highest BCUT2D eigenvalue weighted by molar-refractivity contribution is 7.99. The van der Waals surface area contributed by atoms with E-state index in [1.54, 1.807) is 7.11 Å². The Morgan fingerprint density at radius 1 is 1.28 bits per heavy atom. The number of thioether (sulfide) groups is 1. The zero-order valence-electron chi connectivity index (χ0n) is 17.1. The maximum absolute atomic E-state index is 12.5. The molecule has 7 nitrogen and oxygen atoms in total. The van der Waals surface area contributed by atoms with Crippen LogP contribution in [0.25, 0.3) is 11.4 Å². The quantitative estimate of drug-likeness (QED) is 0.691. The zero-order valence-corrected chi connectivity index (χ0v) is 18.0. The molecule has 3 rings (SSSR count). The number of benzene rings is 1. The molecule has 0 aliphatic heterocycles. The van der Waals surface area contributed by atoms with Gasteiger partial charge in [-0.1, -0.05) is 31.0 Å². The number of nitrogens with one attached hydrogen (secondary N) is 1. The lowest BCUT2D eigenvalue weighted by Crippen LogP contribution is -2.49. The van der Waals surface area contributed by atoms with Crippen molar-refractivity contribution in [2.75, 3.05) is 12.9 Å². The Hall–Kier alpha value is -2.53. The Kier molecular flexibility index (Phi) is 6.80. The standard InChI is InChI=1S/C21H27N5O2S/c1-15(2)26-19(16-7-9-17(28-3)10-8-16)24-25-20(26)29-13-18(27)23-21(14-22)11-5-4-6-12-21/h7-10,15H,4-6,11-13H2,1-3H3,(H,23,27). The number of ether oxygens (including phenoxy) is 1. The number of nitrogens with zero attached hydrogens (tertiary/aromatic N) is 4. The molecule has 1 heterocycles. The van der Waals surface area contributed by atoms with Crippen LogP contribution < -0.4 is 10.1 Å². The molecule has 0 saturated heterocycles. The fourth-order valence-electron chi connectivity index (χ4n) is 3.63. The van der Waals surface area contributed by atoms with Crippen molar-refractivity contribution in [2.24, 2.45) is 0 Å². The van der Waals surface area contributed by atoms with Gasteiger partial charge in [0.2, 0.25) is 5.91 Å². The summed E-state index contributed by atoms with van der Waals surface area (Å²) in [6.45, 7) is 4.13. The third-order valence-corrected chi connectivity index (χ3v) is 6.10. The molecule has 0 unspecified atom stereocenters. The van der Waals surface area contributed by atoms with Crippen molar-refractivity contribution in [1.29, 1.82) is 5.26 Å². The molecular formula is C21H27N5O2S. The van der Waals surface area contributed by atoms with Gasteiger partial charge in [0, 0.05) is 11.6 Å². The monoisotopic (exact) mass is 413 g/mol. The summed E-state index contributed by atoms with van der Waals surface area (Å²) in [7, 11) is 1.63. The van der Waals surface area contributed by atoms with E-state index in [0.717, 1.165) is 49.2 Å². The van der Waals surface area contributed by atoms with E-state index in [9.17, 15) is 10.1 Å². The van der Waals surface area contributed by atoms with Crippen LogP contribution in [0.4, 0.5) is 0 Å². The number of hydrogen-bond acceptors (Lipinski definition) is 6. The van der Waals surface area contributed by atoms with Crippen molar-refractivity contribution in [2.45, 2.75) is 62.7 Å². The van der Waals surface area contributed by atoms with E-state index in [-0.39, 0.29) is 17.7 Å². The molecule has 1 N–H and O–H groups in total. The van der Waals surface area contributed by atoms with Crippen LogP contribution in [0.5, 0.6) is 5.75 Å². The van der Waals surface area contributed by atoms with E-state index in [1.807, 2.05) is 28.8 Å². The number of methoxy groups -OCH3 is 1. The van der Waals surface area contributed by atoms with Gasteiger partial charge in [0.1, 0.15) is 11.3 Å². The van der Waals surface area contributed by atoms with E-state index in [0.29, 0.717) is 5.16 Å². The molecule has 1 aliphatic rings. The summed E-state index contributed by atoms with van der Waals surface area (Å²) < 4.78 is 7.25. The lowest BCUT2D eigenvalue weighted by atomic mass is 9.83. The summed E-state index contributed by atoms with van der Waals surface area (Å²) in [6.07, 6.45) is 4.54. The summed E-state index contributed by atoms with van der Waals surface area (Å²) in [5, 5.41) is 21.9. The SMILES string of the molecule is COc1ccc(-c2nnc(SCC(=O)NC3(C#N)CCCCC3)n2C(C)C)cc1. The molecule has 154 valence electrons. The molecule has 29 heavy (non-hydrogen) atoms. The first-order valence-electron chi connectivity index (χ1n) is 9.92. The molecule has 0 bridgehead atoms. The Morgan fingerprint density at radius 3 is 2.55 bits per heavy atom. The smallest absolute Gasteiger partial charge is 0.231 e. The second-order valence-corrected chi connectivity index (χ2v) is 8.53. The van der Waals surface area contributed by atoms with Crippen LogP contribution in [0.3, 0.4) is 0 Å². The normalized spacial score (nSPS) is 15.7. The van der Waals surface area contributed by atoms with Gasteiger partial charge in [-0.25, -0.2) is 0 Å². The molecule has 0 spiro atoms. The third-order valence-electron chi connectivity index (χ3n) is 5.16. The number of hydrogen-bond donors (Lipinski definition) is 1. The van der Waals surface area contributed by atoms with Gasteiger partial charge >= 0.3 is 0 Å². The molecule has 1 fully saturated rings. The summed E-state index contributed by atoms with van der Waals surface area (Å²) in [4.78, 5) is 12.5. The second kappa shape index (κ2) is 9.31. The molecule has 1 amide bonds. The van der Waals surface area contributed by atoms with Crippen LogP contribution in [-0.2, 0) is 4.79 Å². The molecule has 1 aromatic heterocycles. The molecule has 8 heteroatoms. The number of amides is 1. The van der Waals surface area contributed by atoms with E-state index in [2.05, 4.69) is 35.4 Å². The second-order valence-electron chi connectivity index (χ2n) is 7.59. The molecule has 0 atom stereocenters. The van der Waals surface area contributed by atoms with Gasteiger partial charge in [-0.15, -0.1) is 10.2 Å². The summed E-state index contributed by atoms with van der Waals surface area (Å²) in [6, 6.07) is 10.1. The van der Waals surface area contributed by atoms with Gasteiger partial charge in [-0.3, -0.25) is 9.36 Å². The van der Waals surface area contributed by atoms with Gasteiger partial charge in [0.15, 0.2) is 11.0 Å². The van der Waals surface area contributed by atoms with Crippen molar-refractivity contribution in [3.8, 4) is 23.2 Å². The first kappa shape index (κ1) is 21.2. The average molecular weight is 414 g/mol. The number of carbonyl (C=O) groups is 1. The fourth-order valence-corrected chi connectivity index (χ4v) is 4.50. The first-order chi connectivity index (χ1) is 14.0. The topological polar surface area (TPSA) is 92.8 Å². The van der Waals surface area contributed by atoms with Crippen LogP contribution in [0.2, 0.25) is 0 Å².